The average molecular weight is 295 g/mol. The lowest BCUT2D eigenvalue weighted by Crippen LogP contribution is -2.25. The van der Waals surface area contributed by atoms with Crippen LogP contribution in [-0.2, 0) is 13.0 Å². The van der Waals surface area contributed by atoms with E-state index in [9.17, 15) is 0 Å². The van der Waals surface area contributed by atoms with Crippen molar-refractivity contribution in [2.75, 3.05) is 6.54 Å². The summed E-state index contributed by atoms with van der Waals surface area (Å²) in [6, 6.07) is 16.5. The Morgan fingerprint density at radius 2 is 1.81 bits per heavy atom. The van der Waals surface area contributed by atoms with Crippen LogP contribution in [-0.4, -0.2) is 11.5 Å². The van der Waals surface area contributed by atoms with Gasteiger partial charge in [-0.1, -0.05) is 41.9 Å². The van der Waals surface area contributed by atoms with Crippen LogP contribution >= 0.6 is 11.6 Å². The third kappa shape index (κ3) is 2.21. The molecule has 0 saturated carbocycles. The minimum Gasteiger partial charge on any atom is -0.312 e. The first-order valence-corrected chi connectivity index (χ1v) is 7.58. The molecule has 2 aromatic carbocycles. The maximum Gasteiger partial charge on any atom is 0.0711 e. The van der Waals surface area contributed by atoms with Crippen molar-refractivity contribution in [1.82, 2.24) is 10.3 Å². The van der Waals surface area contributed by atoms with Gasteiger partial charge in [0.05, 0.1) is 5.52 Å². The Labute approximate surface area is 128 Å². The van der Waals surface area contributed by atoms with Gasteiger partial charge in [-0.2, -0.15) is 0 Å². The molecule has 0 radical (unpaired) electrons. The Kier molecular flexibility index (Phi) is 3.13. The van der Waals surface area contributed by atoms with E-state index in [2.05, 4.69) is 41.7 Å². The standard InChI is InChI=1S/C18H15ClN2/c19-13-7-5-12(6-8-13)18-14-3-1-2-4-16(14)21-17-9-10-20-11-15(17)18/h1-8,20H,9-11H2. The second-order valence-electron chi connectivity index (χ2n) is 5.36. The lowest BCUT2D eigenvalue weighted by molar-refractivity contribution is 0.634. The minimum atomic E-state index is 0.768. The fraction of sp³-hybridized carbons (Fsp3) is 0.167. The lowest BCUT2D eigenvalue weighted by Gasteiger charge is -2.22. The topological polar surface area (TPSA) is 24.9 Å². The molecular formula is C18H15ClN2. The molecule has 1 aliphatic heterocycles. The molecule has 4 rings (SSSR count). The van der Waals surface area contributed by atoms with Crippen LogP contribution < -0.4 is 5.32 Å². The average Bonchev–Trinajstić information content (AvgIpc) is 2.53. The van der Waals surface area contributed by atoms with Crippen molar-refractivity contribution in [3.8, 4) is 11.1 Å². The van der Waals surface area contributed by atoms with Gasteiger partial charge >= 0.3 is 0 Å². The SMILES string of the molecule is Clc1ccc(-c2c3c(nc4ccccc24)CCNC3)cc1. The monoisotopic (exact) mass is 294 g/mol. The van der Waals surface area contributed by atoms with E-state index in [-0.39, 0.29) is 0 Å². The minimum absolute atomic E-state index is 0.768. The number of para-hydroxylation sites is 1. The highest BCUT2D eigenvalue weighted by Gasteiger charge is 2.18. The normalized spacial score (nSPS) is 14.1. The van der Waals surface area contributed by atoms with Crippen LogP contribution in [0.15, 0.2) is 48.5 Å². The number of nitrogens with one attached hydrogen (secondary N) is 1. The van der Waals surface area contributed by atoms with E-state index >= 15 is 0 Å². The van der Waals surface area contributed by atoms with Crippen molar-refractivity contribution in [2.24, 2.45) is 0 Å². The summed E-state index contributed by atoms with van der Waals surface area (Å²) in [6.45, 7) is 1.88. The summed E-state index contributed by atoms with van der Waals surface area (Å²) in [5, 5.41) is 5.44. The summed E-state index contributed by atoms with van der Waals surface area (Å²) in [5.41, 5.74) is 6.11. The predicted octanol–water partition coefficient (Wildman–Crippen LogP) is 4.20. The van der Waals surface area contributed by atoms with Crippen molar-refractivity contribution < 1.29 is 0 Å². The van der Waals surface area contributed by atoms with E-state index in [0.717, 1.165) is 30.0 Å². The summed E-state index contributed by atoms with van der Waals surface area (Å²) in [5.74, 6) is 0. The summed E-state index contributed by atoms with van der Waals surface area (Å²) < 4.78 is 0. The van der Waals surface area contributed by atoms with Crippen LogP contribution in [0.5, 0.6) is 0 Å². The number of halogens is 1. The maximum atomic E-state index is 6.04. The van der Waals surface area contributed by atoms with Gasteiger partial charge in [0.1, 0.15) is 0 Å². The molecule has 0 aliphatic carbocycles. The van der Waals surface area contributed by atoms with Crippen LogP contribution in [0, 0.1) is 0 Å². The third-order valence-electron chi connectivity index (χ3n) is 4.05. The van der Waals surface area contributed by atoms with Crippen molar-refractivity contribution in [1.29, 1.82) is 0 Å². The number of aromatic nitrogens is 1. The second kappa shape index (κ2) is 5.14. The predicted molar refractivity (Wildman–Crippen MR) is 87.6 cm³/mol. The van der Waals surface area contributed by atoms with E-state index in [1.807, 2.05) is 12.1 Å². The number of rotatable bonds is 1. The summed E-state index contributed by atoms with van der Waals surface area (Å²) in [7, 11) is 0. The first-order valence-electron chi connectivity index (χ1n) is 7.20. The number of hydrogen-bond acceptors (Lipinski definition) is 2. The van der Waals surface area contributed by atoms with Crippen molar-refractivity contribution in [3.63, 3.8) is 0 Å². The Morgan fingerprint density at radius 1 is 1.00 bits per heavy atom. The van der Waals surface area contributed by atoms with Gasteiger partial charge in [-0.15, -0.1) is 0 Å². The zero-order valence-electron chi connectivity index (χ0n) is 11.6. The number of pyridine rings is 1. The molecule has 0 amide bonds. The van der Waals surface area contributed by atoms with Gasteiger partial charge in [-0.25, -0.2) is 0 Å². The van der Waals surface area contributed by atoms with E-state index in [1.165, 1.54) is 27.8 Å². The molecular weight excluding hydrogens is 280 g/mol. The molecule has 0 fully saturated rings. The van der Waals surface area contributed by atoms with Crippen LogP contribution in [0.25, 0.3) is 22.0 Å². The van der Waals surface area contributed by atoms with Gasteiger partial charge in [0, 0.05) is 35.6 Å². The Hall–Kier alpha value is -1.90. The molecule has 21 heavy (non-hydrogen) atoms. The first kappa shape index (κ1) is 12.8. The zero-order chi connectivity index (χ0) is 14.2. The molecule has 0 spiro atoms. The molecule has 104 valence electrons. The van der Waals surface area contributed by atoms with Crippen LogP contribution in [0.2, 0.25) is 5.02 Å². The van der Waals surface area contributed by atoms with Crippen molar-refractivity contribution >= 4 is 22.5 Å². The molecule has 3 aromatic rings. The molecule has 1 aromatic heterocycles. The van der Waals surface area contributed by atoms with Crippen molar-refractivity contribution in [2.45, 2.75) is 13.0 Å². The largest absolute Gasteiger partial charge is 0.312 e. The van der Waals surface area contributed by atoms with E-state index in [1.54, 1.807) is 0 Å². The van der Waals surface area contributed by atoms with E-state index in [0.29, 0.717) is 0 Å². The summed E-state index contributed by atoms with van der Waals surface area (Å²) >= 11 is 6.04. The second-order valence-corrected chi connectivity index (χ2v) is 5.80. The van der Waals surface area contributed by atoms with Crippen LogP contribution in [0.4, 0.5) is 0 Å². The highest BCUT2D eigenvalue weighted by Crippen LogP contribution is 2.34. The third-order valence-corrected chi connectivity index (χ3v) is 4.30. The van der Waals surface area contributed by atoms with Gasteiger partial charge in [0.2, 0.25) is 0 Å². The first-order chi connectivity index (χ1) is 10.3. The maximum absolute atomic E-state index is 6.04. The molecule has 0 atom stereocenters. The molecule has 2 nitrogen and oxygen atoms in total. The highest BCUT2D eigenvalue weighted by molar-refractivity contribution is 6.30. The smallest absolute Gasteiger partial charge is 0.0711 e. The van der Waals surface area contributed by atoms with Gasteiger partial charge < -0.3 is 5.32 Å². The van der Waals surface area contributed by atoms with Crippen molar-refractivity contribution in [3.05, 3.63) is 64.8 Å². The highest BCUT2D eigenvalue weighted by atomic mass is 35.5. The van der Waals surface area contributed by atoms with Gasteiger partial charge in [-0.3, -0.25) is 4.98 Å². The van der Waals surface area contributed by atoms with Crippen LogP contribution in [0.3, 0.4) is 0 Å². The molecule has 0 saturated heterocycles. The number of hydrogen-bond donors (Lipinski definition) is 1. The van der Waals surface area contributed by atoms with Crippen LogP contribution in [0.1, 0.15) is 11.3 Å². The molecule has 1 N–H and O–H groups in total. The zero-order valence-corrected chi connectivity index (χ0v) is 12.3. The van der Waals surface area contributed by atoms with Gasteiger partial charge in [0.15, 0.2) is 0 Å². The Morgan fingerprint density at radius 3 is 2.67 bits per heavy atom. The Bertz CT molecular complexity index is 809. The lowest BCUT2D eigenvalue weighted by atomic mass is 9.92. The van der Waals surface area contributed by atoms with E-state index in [4.69, 9.17) is 16.6 Å². The fourth-order valence-electron chi connectivity index (χ4n) is 3.07. The van der Waals surface area contributed by atoms with E-state index < -0.39 is 0 Å². The molecule has 0 unspecified atom stereocenters. The molecule has 3 heteroatoms. The quantitative estimate of drug-likeness (QED) is 0.727. The number of fused-ring (bicyclic) bond motifs is 2. The summed E-state index contributed by atoms with van der Waals surface area (Å²) in [4.78, 5) is 4.85. The fourth-order valence-corrected chi connectivity index (χ4v) is 3.19. The molecule has 0 bridgehead atoms. The number of benzene rings is 2. The number of nitrogens with zero attached hydrogens (tertiary/aromatic N) is 1. The summed E-state index contributed by atoms with van der Waals surface area (Å²) in [6.07, 6.45) is 0.987. The Balaban J connectivity index is 2.07. The van der Waals surface area contributed by atoms with Gasteiger partial charge in [-0.05, 0) is 34.9 Å². The molecule has 2 heterocycles. The van der Waals surface area contributed by atoms with Gasteiger partial charge in [0.25, 0.3) is 0 Å². The molecule has 1 aliphatic rings.